The van der Waals surface area contributed by atoms with Crippen LogP contribution in [0.4, 0.5) is 4.39 Å². The van der Waals surface area contributed by atoms with E-state index in [2.05, 4.69) is 5.43 Å². The summed E-state index contributed by atoms with van der Waals surface area (Å²) in [5, 5.41) is 0. The van der Waals surface area contributed by atoms with E-state index in [-0.39, 0.29) is 5.82 Å². The Balaban J connectivity index is 2.97. The predicted octanol–water partition coefficient (Wildman–Crippen LogP) is 1.38. The highest BCUT2D eigenvalue weighted by Crippen LogP contribution is 2.27. The summed E-state index contributed by atoms with van der Waals surface area (Å²) in [5.74, 6) is 5.49. The number of hydrogen-bond acceptors (Lipinski definition) is 4. The first-order chi connectivity index (χ1) is 7.74. The standard InChI is InChI=1S/C11H17FN2O2/c1-3-16-7-9(14-13)11-8(12)5-4-6-10(11)15-2/h4-6,9,14H,3,7,13H2,1-2H3. The van der Waals surface area contributed by atoms with Crippen LogP contribution in [-0.2, 0) is 4.74 Å². The molecule has 0 aliphatic rings. The van der Waals surface area contributed by atoms with E-state index in [9.17, 15) is 4.39 Å². The first-order valence-corrected chi connectivity index (χ1v) is 5.10. The Kier molecular flexibility index (Phi) is 5.18. The summed E-state index contributed by atoms with van der Waals surface area (Å²) in [7, 11) is 1.49. The normalized spacial score (nSPS) is 12.5. The molecule has 0 saturated carbocycles. The van der Waals surface area contributed by atoms with Gasteiger partial charge in [0.15, 0.2) is 0 Å². The van der Waals surface area contributed by atoms with Crippen molar-refractivity contribution < 1.29 is 13.9 Å². The molecule has 1 aromatic rings. The van der Waals surface area contributed by atoms with Crippen molar-refractivity contribution in [3.8, 4) is 5.75 Å². The maximum Gasteiger partial charge on any atom is 0.131 e. The summed E-state index contributed by atoms with van der Waals surface area (Å²) in [5.41, 5.74) is 2.91. The maximum atomic E-state index is 13.7. The first kappa shape index (κ1) is 12.9. The Morgan fingerprint density at radius 2 is 2.25 bits per heavy atom. The van der Waals surface area contributed by atoms with Crippen LogP contribution in [0.2, 0.25) is 0 Å². The van der Waals surface area contributed by atoms with Crippen molar-refractivity contribution in [3.05, 3.63) is 29.6 Å². The molecule has 0 aromatic heterocycles. The number of methoxy groups -OCH3 is 1. The summed E-state index contributed by atoms with van der Waals surface area (Å²) in [6.45, 7) is 2.71. The van der Waals surface area contributed by atoms with Crippen LogP contribution in [-0.4, -0.2) is 20.3 Å². The molecule has 1 unspecified atom stereocenters. The van der Waals surface area contributed by atoms with Gasteiger partial charge in [-0.1, -0.05) is 6.07 Å². The van der Waals surface area contributed by atoms with Crippen molar-refractivity contribution in [3.63, 3.8) is 0 Å². The van der Waals surface area contributed by atoms with E-state index in [4.69, 9.17) is 15.3 Å². The zero-order valence-corrected chi connectivity index (χ0v) is 9.50. The third kappa shape index (κ3) is 2.91. The zero-order chi connectivity index (χ0) is 12.0. The van der Waals surface area contributed by atoms with E-state index in [1.165, 1.54) is 13.2 Å². The Morgan fingerprint density at radius 1 is 1.50 bits per heavy atom. The molecule has 5 heteroatoms. The minimum atomic E-state index is -0.420. The van der Waals surface area contributed by atoms with E-state index in [0.29, 0.717) is 24.5 Å². The van der Waals surface area contributed by atoms with Crippen LogP contribution in [0, 0.1) is 5.82 Å². The van der Waals surface area contributed by atoms with Crippen LogP contribution in [0.15, 0.2) is 18.2 Å². The Hall–Kier alpha value is -1.17. The summed E-state index contributed by atoms with van der Waals surface area (Å²) in [4.78, 5) is 0. The molecule has 1 aromatic carbocycles. The summed E-state index contributed by atoms with van der Waals surface area (Å²) in [6.07, 6.45) is 0. The summed E-state index contributed by atoms with van der Waals surface area (Å²) in [6, 6.07) is 4.23. The Bertz CT molecular complexity index is 334. The van der Waals surface area contributed by atoms with E-state index in [1.54, 1.807) is 12.1 Å². The fraction of sp³-hybridized carbons (Fsp3) is 0.455. The molecule has 0 fully saturated rings. The first-order valence-electron chi connectivity index (χ1n) is 5.10. The molecule has 0 heterocycles. The minimum Gasteiger partial charge on any atom is -0.496 e. The van der Waals surface area contributed by atoms with Crippen LogP contribution in [0.3, 0.4) is 0 Å². The predicted molar refractivity (Wildman–Crippen MR) is 59.5 cm³/mol. The number of benzene rings is 1. The molecule has 0 radical (unpaired) electrons. The maximum absolute atomic E-state index is 13.7. The van der Waals surface area contributed by atoms with Crippen LogP contribution in [0.25, 0.3) is 0 Å². The van der Waals surface area contributed by atoms with Gasteiger partial charge < -0.3 is 9.47 Å². The second kappa shape index (κ2) is 6.42. The minimum absolute atomic E-state index is 0.296. The second-order valence-corrected chi connectivity index (χ2v) is 3.23. The monoisotopic (exact) mass is 228 g/mol. The molecule has 0 amide bonds. The van der Waals surface area contributed by atoms with E-state index < -0.39 is 6.04 Å². The lowest BCUT2D eigenvalue weighted by Gasteiger charge is -2.19. The van der Waals surface area contributed by atoms with Crippen LogP contribution in [0.5, 0.6) is 5.75 Å². The third-order valence-corrected chi connectivity index (χ3v) is 2.27. The van der Waals surface area contributed by atoms with Crippen LogP contribution in [0.1, 0.15) is 18.5 Å². The van der Waals surface area contributed by atoms with Gasteiger partial charge in [0.25, 0.3) is 0 Å². The Labute approximate surface area is 94.5 Å². The fourth-order valence-electron chi connectivity index (χ4n) is 1.48. The average molecular weight is 228 g/mol. The summed E-state index contributed by atoms with van der Waals surface area (Å²) >= 11 is 0. The van der Waals surface area contributed by atoms with Gasteiger partial charge in [0, 0.05) is 6.61 Å². The average Bonchev–Trinajstić information content (AvgIpc) is 2.31. The largest absolute Gasteiger partial charge is 0.496 e. The highest BCUT2D eigenvalue weighted by molar-refractivity contribution is 5.37. The lowest BCUT2D eigenvalue weighted by atomic mass is 10.1. The van der Waals surface area contributed by atoms with Crippen molar-refractivity contribution in [1.29, 1.82) is 0 Å². The zero-order valence-electron chi connectivity index (χ0n) is 9.50. The van der Waals surface area contributed by atoms with Crippen molar-refractivity contribution >= 4 is 0 Å². The highest BCUT2D eigenvalue weighted by atomic mass is 19.1. The number of nitrogens with one attached hydrogen (secondary N) is 1. The number of rotatable bonds is 6. The van der Waals surface area contributed by atoms with Gasteiger partial charge in [-0.15, -0.1) is 0 Å². The highest BCUT2D eigenvalue weighted by Gasteiger charge is 2.19. The third-order valence-electron chi connectivity index (χ3n) is 2.27. The van der Waals surface area contributed by atoms with Crippen molar-refractivity contribution in [2.75, 3.05) is 20.3 Å². The van der Waals surface area contributed by atoms with Gasteiger partial charge >= 0.3 is 0 Å². The molecule has 1 rings (SSSR count). The molecule has 0 saturated heterocycles. The lowest BCUT2D eigenvalue weighted by Crippen LogP contribution is -2.32. The number of ether oxygens (including phenoxy) is 2. The van der Waals surface area contributed by atoms with Crippen molar-refractivity contribution in [1.82, 2.24) is 5.43 Å². The fourth-order valence-corrected chi connectivity index (χ4v) is 1.48. The van der Waals surface area contributed by atoms with Gasteiger partial charge in [0.2, 0.25) is 0 Å². The molecule has 90 valence electrons. The molecule has 4 nitrogen and oxygen atoms in total. The molecular formula is C11H17FN2O2. The van der Waals surface area contributed by atoms with Crippen LogP contribution >= 0.6 is 0 Å². The van der Waals surface area contributed by atoms with Gasteiger partial charge in [-0.25, -0.2) is 4.39 Å². The molecular weight excluding hydrogens is 211 g/mol. The van der Waals surface area contributed by atoms with Crippen LogP contribution < -0.4 is 16.0 Å². The molecule has 0 aliphatic carbocycles. The van der Waals surface area contributed by atoms with E-state index >= 15 is 0 Å². The molecule has 16 heavy (non-hydrogen) atoms. The summed E-state index contributed by atoms with van der Waals surface area (Å²) < 4.78 is 24.0. The van der Waals surface area contributed by atoms with Crippen molar-refractivity contribution in [2.24, 2.45) is 5.84 Å². The van der Waals surface area contributed by atoms with E-state index in [0.717, 1.165) is 0 Å². The van der Waals surface area contributed by atoms with Crippen molar-refractivity contribution in [2.45, 2.75) is 13.0 Å². The topological polar surface area (TPSA) is 56.5 Å². The quantitative estimate of drug-likeness (QED) is 0.570. The van der Waals surface area contributed by atoms with Gasteiger partial charge in [-0.3, -0.25) is 11.3 Å². The SMILES string of the molecule is CCOCC(NN)c1c(F)cccc1OC. The van der Waals surface area contributed by atoms with Gasteiger partial charge in [0.05, 0.1) is 25.3 Å². The van der Waals surface area contributed by atoms with Gasteiger partial charge in [0.1, 0.15) is 11.6 Å². The van der Waals surface area contributed by atoms with Gasteiger partial charge in [-0.05, 0) is 19.1 Å². The second-order valence-electron chi connectivity index (χ2n) is 3.23. The smallest absolute Gasteiger partial charge is 0.131 e. The lowest BCUT2D eigenvalue weighted by molar-refractivity contribution is 0.121. The number of halogens is 1. The molecule has 0 aliphatic heterocycles. The molecule has 1 atom stereocenters. The molecule has 0 spiro atoms. The molecule has 3 N–H and O–H groups in total. The Morgan fingerprint density at radius 3 is 2.81 bits per heavy atom. The number of hydrogen-bond donors (Lipinski definition) is 2. The van der Waals surface area contributed by atoms with E-state index in [1.807, 2.05) is 6.92 Å². The molecule has 0 bridgehead atoms. The number of nitrogens with two attached hydrogens (primary N) is 1. The number of hydrazine groups is 1. The van der Waals surface area contributed by atoms with Gasteiger partial charge in [-0.2, -0.15) is 0 Å².